The number of aromatic amines is 1. The van der Waals surface area contributed by atoms with Crippen LogP contribution in [0.25, 0.3) is 10.4 Å². The average molecular weight is 768 g/mol. The van der Waals surface area contributed by atoms with Gasteiger partial charge in [0.1, 0.15) is 6.23 Å². The minimum absolute atomic E-state index is 0. The number of phosphoric ester groups is 1. The number of nitrogens with one attached hydrogen (secondary N) is 1. The number of H-pyrrole nitrogens is 1. The maximum absolute atomic E-state index is 12.8. The molecule has 2 heterocycles. The van der Waals surface area contributed by atoms with Crippen molar-refractivity contribution in [1.82, 2.24) is 9.55 Å². The molecule has 1 unspecified atom stereocenters. The molecular formula is C35H63N5NaO8PS. The van der Waals surface area contributed by atoms with E-state index in [2.05, 4.69) is 28.9 Å². The van der Waals surface area contributed by atoms with Crippen molar-refractivity contribution in [3.63, 3.8) is 0 Å². The van der Waals surface area contributed by atoms with Crippen molar-refractivity contribution < 1.29 is 57.5 Å². The minimum Gasteiger partial charge on any atom is -0.756 e. The molecule has 0 aliphatic carbocycles. The van der Waals surface area contributed by atoms with Crippen molar-refractivity contribution in [1.29, 1.82) is 0 Å². The van der Waals surface area contributed by atoms with Crippen LogP contribution in [0.1, 0.15) is 148 Å². The number of rotatable bonds is 31. The fourth-order valence-corrected chi connectivity index (χ4v) is 7.72. The number of hydrogen-bond acceptors (Lipinski definition) is 10. The molecule has 16 heteroatoms. The predicted molar refractivity (Wildman–Crippen MR) is 199 cm³/mol. The number of hydrogen-bond donors (Lipinski definition) is 1. The van der Waals surface area contributed by atoms with E-state index in [0.717, 1.165) is 25.0 Å². The Hall–Kier alpha value is -0.630. The van der Waals surface area contributed by atoms with Gasteiger partial charge in [-0.1, -0.05) is 122 Å². The second kappa shape index (κ2) is 29.7. The third kappa shape index (κ3) is 21.7. The van der Waals surface area contributed by atoms with Crippen LogP contribution >= 0.6 is 19.6 Å². The van der Waals surface area contributed by atoms with E-state index in [1.807, 2.05) is 0 Å². The number of nitrogens with zero attached hydrogens (tertiary/aromatic N) is 4. The minimum atomic E-state index is -4.76. The van der Waals surface area contributed by atoms with E-state index in [9.17, 15) is 19.0 Å². The Morgan fingerprint density at radius 3 is 2.14 bits per heavy atom. The molecule has 1 aromatic heterocycles. The van der Waals surface area contributed by atoms with E-state index < -0.39 is 50.2 Å². The molecule has 5 atom stereocenters. The van der Waals surface area contributed by atoms with E-state index in [1.165, 1.54) is 107 Å². The maximum Gasteiger partial charge on any atom is 1.00 e. The van der Waals surface area contributed by atoms with Crippen LogP contribution < -0.4 is 45.7 Å². The number of thioether (sulfide) groups is 1. The summed E-state index contributed by atoms with van der Waals surface area (Å²) in [5, 5.41) is 3.71. The molecule has 1 aromatic rings. The van der Waals surface area contributed by atoms with E-state index in [0.29, 0.717) is 17.9 Å². The van der Waals surface area contributed by atoms with Crippen LogP contribution in [0.15, 0.2) is 20.9 Å². The molecule has 0 radical (unpaired) electrons. The van der Waals surface area contributed by atoms with Gasteiger partial charge in [-0.05, 0) is 31.0 Å². The van der Waals surface area contributed by atoms with Gasteiger partial charge in [0.25, 0.3) is 13.4 Å². The van der Waals surface area contributed by atoms with Gasteiger partial charge in [-0.2, -0.15) is 11.8 Å². The van der Waals surface area contributed by atoms with Gasteiger partial charge in [0.2, 0.25) is 0 Å². The summed E-state index contributed by atoms with van der Waals surface area (Å²) in [7, 11) is -4.76. The normalized spacial score (nSPS) is 18.9. The number of phosphoric acid groups is 1. The Balaban J connectivity index is 0.0000130. The predicted octanol–water partition coefficient (Wildman–Crippen LogP) is 5.50. The van der Waals surface area contributed by atoms with Crippen molar-refractivity contribution in [2.75, 3.05) is 31.3 Å². The smallest absolute Gasteiger partial charge is 0.756 e. The van der Waals surface area contributed by atoms with Crippen molar-refractivity contribution in [3.8, 4) is 0 Å². The fraction of sp³-hybridized carbons (Fsp3) is 0.886. The number of ether oxygens (including phenoxy) is 2. The van der Waals surface area contributed by atoms with E-state index in [-0.39, 0.29) is 42.6 Å². The molecule has 0 aromatic carbocycles. The van der Waals surface area contributed by atoms with E-state index >= 15 is 0 Å². The van der Waals surface area contributed by atoms with Gasteiger partial charge >= 0.3 is 35.2 Å². The van der Waals surface area contributed by atoms with Gasteiger partial charge < -0.3 is 23.4 Å². The molecule has 2 rings (SSSR count). The first kappa shape index (κ1) is 48.4. The first-order chi connectivity index (χ1) is 24.2. The quantitative estimate of drug-likeness (QED) is 0.0255. The molecule has 288 valence electrons. The monoisotopic (exact) mass is 767 g/mol. The van der Waals surface area contributed by atoms with Crippen molar-refractivity contribution >= 4 is 19.6 Å². The molecule has 13 nitrogen and oxygen atoms in total. The molecule has 1 saturated heterocycles. The zero-order valence-electron chi connectivity index (χ0n) is 31.8. The van der Waals surface area contributed by atoms with Gasteiger partial charge in [-0.15, -0.1) is 0 Å². The van der Waals surface area contributed by atoms with Gasteiger partial charge in [0.15, 0.2) is 0 Å². The van der Waals surface area contributed by atoms with Crippen molar-refractivity contribution in [2.24, 2.45) is 5.11 Å². The summed E-state index contributed by atoms with van der Waals surface area (Å²) >= 11 is 1.76. The van der Waals surface area contributed by atoms with Crippen LogP contribution in [-0.2, 0) is 23.1 Å². The summed E-state index contributed by atoms with van der Waals surface area (Å²) in [6, 6.07) is -0.797. The molecule has 0 amide bonds. The molecule has 1 aliphatic heterocycles. The third-order valence-electron chi connectivity index (χ3n) is 8.97. The Bertz CT molecular complexity index is 1270. The molecule has 0 spiro atoms. The first-order valence-corrected chi connectivity index (χ1v) is 21.6. The van der Waals surface area contributed by atoms with Gasteiger partial charge in [-0.25, -0.2) is 4.79 Å². The van der Waals surface area contributed by atoms with Crippen LogP contribution in [-0.4, -0.2) is 59.1 Å². The van der Waals surface area contributed by atoms with E-state index in [4.69, 9.17) is 24.1 Å². The topological polar surface area (TPSA) is 181 Å². The Labute approximate surface area is 331 Å². The SMILES string of the molecule is CCCCCCCCCCCCSC[C@H](COP(=O)([O-])OC[C@H]1O[C@@H](n2cc(C)c(=O)[nH]c2=O)C[C@@H]1N=[N+]=[N-])OCCCCCCCCCC.[Na+]. The summed E-state index contributed by atoms with van der Waals surface area (Å²) in [4.78, 5) is 42.0. The zero-order valence-corrected chi connectivity index (χ0v) is 35.5. The van der Waals surface area contributed by atoms with E-state index in [1.54, 1.807) is 18.7 Å². The van der Waals surface area contributed by atoms with Crippen LogP contribution in [0, 0.1) is 6.92 Å². The molecule has 51 heavy (non-hydrogen) atoms. The molecule has 0 bridgehead atoms. The number of aromatic nitrogens is 2. The Kier molecular flexibility index (Phi) is 28.2. The first-order valence-electron chi connectivity index (χ1n) is 19.0. The van der Waals surface area contributed by atoms with Crippen LogP contribution in [0.5, 0.6) is 0 Å². The largest absolute Gasteiger partial charge is 1.00 e. The third-order valence-corrected chi connectivity index (χ3v) is 11.1. The van der Waals surface area contributed by atoms with Gasteiger partial charge in [0.05, 0.1) is 31.5 Å². The van der Waals surface area contributed by atoms with Crippen LogP contribution in [0.3, 0.4) is 0 Å². The van der Waals surface area contributed by atoms with Gasteiger partial charge in [0, 0.05) is 35.5 Å². The van der Waals surface area contributed by atoms with Crippen LogP contribution in [0.2, 0.25) is 0 Å². The second-order valence-electron chi connectivity index (χ2n) is 13.4. The fourth-order valence-electron chi connectivity index (χ4n) is 5.94. The summed E-state index contributed by atoms with van der Waals surface area (Å²) < 4.78 is 36.4. The average Bonchev–Trinajstić information content (AvgIpc) is 3.49. The number of azide groups is 1. The van der Waals surface area contributed by atoms with Crippen molar-refractivity contribution in [3.05, 3.63) is 43.0 Å². The zero-order chi connectivity index (χ0) is 36.5. The summed E-state index contributed by atoms with van der Waals surface area (Å²) in [6.07, 6.45) is 21.5. The molecule has 1 N–H and O–H groups in total. The summed E-state index contributed by atoms with van der Waals surface area (Å²) in [5.74, 6) is 1.60. The number of unbranched alkanes of at least 4 members (excludes halogenated alkanes) is 16. The number of aryl methyl sites for hydroxylation is 1. The standard InChI is InChI=1S/C35H64N5O8PS.Na/c1-4-6-8-10-12-14-15-17-19-21-23-50-28-30(45-22-20-18-16-13-11-9-7-5-2)26-46-49(43,44)47-27-32-31(38-39-36)24-33(48-32)40-25-29(3)34(41)37-35(40)42;/h25,30-33H,4-24,26-28H2,1-3H3,(H,43,44)(H,37,41,42);/q;+1/p-1/t30-,31-,32+,33+;/m0./s1. The molecule has 0 saturated carbocycles. The molecule has 1 fully saturated rings. The Morgan fingerprint density at radius 1 is 0.980 bits per heavy atom. The second-order valence-corrected chi connectivity index (χ2v) is 15.9. The van der Waals surface area contributed by atoms with Gasteiger partial charge in [-0.3, -0.25) is 18.9 Å². The Morgan fingerprint density at radius 2 is 1.55 bits per heavy atom. The van der Waals surface area contributed by atoms with Crippen LogP contribution in [0.4, 0.5) is 0 Å². The molecular weight excluding hydrogens is 704 g/mol. The van der Waals surface area contributed by atoms with Crippen molar-refractivity contribution in [2.45, 2.75) is 167 Å². The maximum atomic E-state index is 12.8. The molecule has 1 aliphatic rings. The summed E-state index contributed by atoms with van der Waals surface area (Å²) in [5.41, 5.74) is 8.14. The summed E-state index contributed by atoms with van der Waals surface area (Å²) in [6.45, 7) is 5.92.